The Kier molecular flexibility index (Phi) is 8.87. The Balaban J connectivity index is 1.41. The van der Waals surface area contributed by atoms with Crippen molar-refractivity contribution < 1.29 is 33.0 Å². The van der Waals surface area contributed by atoms with Crippen LogP contribution < -0.4 is 15.1 Å². The fourth-order valence-corrected chi connectivity index (χ4v) is 4.39. The van der Waals surface area contributed by atoms with Gasteiger partial charge in [-0.05, 0) is 59.7 Å². The van der Waals surface area contributed by atoms with E-state index in [1.165, 1.54) is 17.2 Å². The number of hydrogen-bond donors (Lipinski definition) is 1. The summed E-state index contributed by atoms with van der Waals surface area (Å²) in [5.74, 6) is -0.509. The zero-order chi connectivity index (χ0) is 30.7. The van der Waals surface area contributed by atoms with Crippen LogP contribution in [-0.4, -0.2) is 94.2 Å². The smallest absolute Gasteiger partial charge is 0.437 e. The van der Waals surface area contributed by atoms with Gasteiger partial charge in [-0.15, -0.1) is 10.1 Å². The number of nitrogens with zero attached hydrogens (tertiary/aromatic N) is 7. The van der Waals surface area contributed by atoms with E-state index in [-0.39, 0.29) is 12.5 Å². The van der Waals surface area contributed by atoms with E-state index < -0.39 is 41.4 Å². The van der Waals surface area contributed by atoms with Gasteiger partial charge < -0.3 is 24.0 Å². The van der Waals surface area contributed by atoms with Crippen LogP contribution in [0.1, 0.15) is 41.5 Å². The van der Waals surface area contributed by atoms with E-state index in [9.17, 15) is 14.4 Å². The molecular weight excluding hydrogens is 551 g/mol. The summed E-state index contributed by atoms with van der Waals surface area (Å²) >= 11 is 0. The molecule has 3 heterocycles. The third-order valence-electron chi connectivity index (χ3n) is 6.10. The first-order valence-electron chi connectivity index (χ1n) is 13.6. The minimum absolute atomic E-state index is 0.0121. The minimum atomic E-state index is -0.860. The van der Waals surface area contributed by atoms with E-state index in [0.29, 0.717) is 44.1 Å². The average Bonchev–Trinajstić information content (AvgIpc) is 3.51. The van der Waals surface area contributed by atoms with Crippen molar-refractivity contribution in [2.75, 3.05) is 42.5 Å². The number of alkyl carbamates (subject to hydrolysis) is 1. The monoisotopic (exact) mass is 588 g/mol. The Morgan fingerprint density at radius 1 is 1.10 bits per heavy atom. The molecule has 2 aliphatic rings. The number of hydrogen-bond acceptors (Lipinski definition) is 9. The van der Waals surface area contributed by atoms with Gasteiger partial charge in [0.15, 0.2) is 0 Å². The number of rotatable bonds is 4. The number of nitrogens with one attached hydrogen (secondary N) is 1. The van der Waals surface area contributed by atoms with Crippen LogP contribution in [0.25, 0.3) is 0 Å². The van der Waals surface area contributed by atoms with Crippen molar-refractivity contribution in [3.8, 4) is 0 Å². The summed E-state index contributed by atoms with van der Waals surface area (Å²) in [6.07, 6.45) is 0.578. The largest absolute Gasteiger partial charge is 0.444 e. The lowest BCUT2D eigenvalue weighted by molar-refractivity contribution is 0.0554. The zero-order valence-electron chi connectivity index (χ0n) is 24.7. The van der Waals surface area contributed by atoms with Crippen LogP contribution in [0.5, 0.6) is 0 Å². The molecule has 2 fully saturated rings. The van der Waals surface area contributed by atoms with Crippen molar-refractivity contribution in [1.82, 2.24) is 25.2 Å². The summed E-state index contributed by atoms with van der Waals surface area (Å²) in [5, 5.41) is 10.2. The predicted molar refractivity (Wildman–Crippen MR) is 151 cm³/mol. The van der Waals surface area contributed by atoms with Crippen molar-refractivity contribution in [3.63, 3.8) is 0 Å². The first kappa shape index (κ1) is 30.5. The third kappa shape index (κ3) is 8.30. The molecule has 1 aromatic heterocycles. The molecule has 42 heavy (non-hydrogen) atoms. The number of amides is 3. The van der Waals surface area contributed by atoms with Crippen LogP contribution in [-0.2, 0) is 20.8 Å². The second kappa shape index (κ2) is 12.2. The van der Waals surface area contributed by atoms with E-state index in [1.54, 1.807) is 69.5 Å². The molecule has 0 unspecified atom stereocenters. The molecule has 2 aromatic rings. The van der Waals surface area contributed by atoms with Gasteiger partial charge in [0.05, 0.1) is 30.7 Å². The zero-order valence-corrected chi connectivity index (χ0v) is 24.7. The number of halogens is 1. The molecule has 1 N–H and O–H groups in total. The van der Waals surface area contributed by atoms with E-state index in [0.717, 1.165) is 0 Å². The maximum absolute atomic E-state index is 15.3. The van der Waals surface area contributed by atoms with Crippen molar-refractivity contribution in [1.29, 1.82) is 0 Å². The number of ether oxygens (including phenoxy) is 3. The highest BCUT2D eigenvalue weighted by Gasteiger charge is 2.34. The van der Waals surface area contributed by atoms with Crippen molar-refractivity contribution >= 4 is 35.6 Å². The molecular formula is C27H37FN8O6. The highest BCUT2D eigenvalue weighted by molar-refractivity contribution is 5.99. The molecule has 1 aromatic carbocycles. The van der Waals surface area contributed by atoms with Gasteiger partial charge in [0.2, 0.25) is 5.96 Å². The molecule has 0 radical (unpaired) electrons. The van der Waals surface area contributed by atoms with Gasteiger partial charge in [-0.3, -0.25) is 10.2 Å². The molecule has 14 nitrogen and oxygen atoms in total. The summed E-state index contributed by atoms with van der Waals surface area (Å²) in [4.78, 5) is 46.3. The molecule has 4 rings (SSSR count). The summed E-state index contributed by atoms with van der Waals surface area (Å²) in [7, 11) is 0. The van der Waals surface area contributed by atoms with Crippen LogP contribution >= 0.6 is 0 Å². The van der Waals surface area contributed by atoms with Crippen LogP contribution in [0.3, 0.4) is 0 Å². The average molecular weight is 589 g/mol. The second-order valence-electron chi connectivity index (χ2n) is 11.9. The lowest BCUT2D eigenvalue weighted by Crippen LogP contribution is -2.54. The van der Waals surface area contributed by atoms with E-state index in [1.807, 2.05) is 4.90 Å². The standard InChI is InChI=1S/C27H37FN8O6/c1-26(2,3)41-23(37)30-22(31-24(38)42-27(4,5)6)34-13-11-33(12-14-34)21-8-7-18(15-20(21)28)36-17-19(40-25(36)39)16-35-10-9-29-32-35/h7-10,15,19H,11-14,16-17H2,1-6H3,(H,30,31,37,38)/t19-/m0/s1. The Morgan fingerprint density at radius 2 is 1.79 bits per heavy atom. The normalized spacial score (nSPS) is 18.2. The van der Waals surface area contributed by atoms with Gasteiger partial charge in [0.1, 0.15) is 23.1 Å². The highest BCUT2D eigenvalue weighted by Crippen LogP contribution is 2.29. The number of piperazine rings is 1. The number of benzene rings is 1. The van der Waals surface area contributed by atoms with Gasteiger partial charge in [-0.1, -0.05) is 5.21 Å². The lowest BCUT2D eigenvalue weighted by Gasteiger charge is -2.37. The number of anilines is 2. The van der Waals surface area contributed by atoms with Crippen LogP contribution in [0.2, 0.25) is 0 Å². The lowest BCUT2D eigenvalue weighted by atomic mass is 10.2. The van der Waals surface area contributed by atoms with Gasteiger partial charge >= 0.3 is 18.3 Å². The minimum Gasteiger partial charge on any atom is -0.444 e. The van der Waals surface area contributed by atoms with E-state index in [2.05, 4.69) is 20.6 Å². The Bertz CT molecular complexity index is 1310. The van der Waals surface area contributed by atoms with Crippen molar-refractivity contribution in [2.24, 2.45) is 4.99 Å². The number of carbonyl (C=O) groups excluding carboxylic acids is 3. The molecule has 0 bridgehead atoms. The Hall–Kier alpha value is -4.43. The SMILES string of the molecule is CC(C)(C)OC(=O)/N=C(\NC(=O)OC(C)(C)C)N1CCN(c2ccc(N3C[C@H](Cn4ccnn4)OC3=O)cc2F)CC1. The highest BCUT2D eigenvalue weighted by atomic mass is 19.1. The van der Waals surface area contributed by atoms with Gasteiger partial charge in [0, 0.05) is 32.4 Å². The number of cyclic esters (lactones) is 1. The van der Waals surface area contributed by atoms with Gasteiger partial charge in [0.25, 0.3) is 0 Å². The second-order valence-corrected chi connectivity index (χ2v) is 11.9. The van der Waals surface area contributed by atoms with Crippen LogP contribution in [0, 0.1) is 5.82 Å². The summed E-state index contributed by atoms with van der Waals surface area (Å²) < 4.78 is 32.9. The predicted octanol–water partition coefficient (Wildman–Crippen LogP) is 3.38. The molecule has 2 aliphatic heterocycles. The third-order valence-corrected chi connectivity index (χ3v) is 6.10. The van der Waals surface area contributed by atoms with Crippen LogP contribution in [0.15, 0.2) is 35.6 Å². The molecule has 3 amide bonds. The number of aliphatic imine (C=N–C) groups is 1. The maximum atomic E-state index is 15.3. The van der Waals surface area contributed by atoms with Gasteiger partial charge in [-0.25, -0.2) is 23.5 Å². The first-order valence-corrected chi connectivity index (χ1v) is 13.6. The summed E-state index contributed by atoms with van der Waals surface area (Å²) in [6, 6.07) is 4.59. The number of aromatic nitrogens is 3. The van der Waals surface area contributed by atoms with Crippen molar-refractivity contribution in [3.05, 3.63) is 36.4 Å². The Morgan fingerprint density at radius 3 is 2.38 bits per heavy atom. The maximum Gasteiger partial charge on any atom is 0.437 e. The number of carbonyl (C=O) groups is 3. The quantitative estimate of drug-likeness (QED) is 0.321. The fourth-order valence-electron chi connectivity index (χ4n) is 4.39. The fraction of sp³-hybridized carbons (Fsp3) is 0.556. The van der Waals surface area contributed by atoms with Gasteiger partial charge in [-0.2, -0.15) is 0 Å². The molecule has 2 saturated heterocycles. The Labute approximate surface area is 243 Å². The van der Waals surface area contributed by atoms with Crippen molar-refractivity contribution in [2.45, 2.75) is 65.4 Å². The van der Waals surface area contributed by atoms with E-state index >= 15 is 4.39 Å². The van der Waals surface area contributed by atoms with E-state index in [4.69, 9.17) is 14.2 Å². The summed E-state index contributed by atoms with van der Waals surface area (Å²) in [6.45, 7) is 12.3. The topological polar surface area (TPSA) is 144 Å². The van der Waals surface area contributed by atoms with Crippen LogP contribution in [0.4, 0.5) is 30.1 Å². The molecule has 0 aliphatic carbocycles. The molecule has 228 valence electrons. The molecule has 0 saturated carbocycles. The first-order chi connectivity index (χ1) is 19.7. The molecule has 15 heteroatoms. The molecule has 1 atom stereocenters. The summed E-state index contributed by atoms with van der Waals surface area (Å²) in [5.41, 5.74) is -0.789. The number of guanidine groups is 1. The molecule has 0 spiro atoms.